The Balaban J connectivity index is 2.67. The Labute approximate surface area is 118 Å². The summed E-state index contributed by atoms with van der Waals surface area (Å²) in [4.78, 5) is 12.2. The van der Waals surface area contributed by atoms with Gasteiger partial charge in [0.05, 0.1) is 7.11 Å². The van der Waals surface area contributed by atoms with Crippen molar-refractivity contribution in [3.63, 3.8) is 0 Å². The number of rotatable bonds is 3. The Morgan fingerprint density at radius 1 is 1.10 bits per heavy atom. The number of aliphatic hydroxyl groups is 1. The van der Waals surface area contributed by atoms with Crippen molar-refractivity contribution in [1.29, 1.82) is 0 Å². The van der Waals surface area contributed by atoms with E-state index >= 15 is 0 Å². The van der Waals surface area contributed by atoms with Crippen LogP contribution in [-0.2, 0) is 15.1 Å². The van der Waals surface area contributed by atoms with Gasteiger partial charge in [-0.05, 0) is 25.0 Å². The Morgan fingerprint density at radius 2 is 1.75 bits per heavy atom. The van der Waals surface area contributed by atoms with E-state index in [4.69, 9.17) is 4.74 Å². The number of hydrogen-bond acceptors (Lipinski definition) is 3. The van der Waals surface area contributed by atoms with Crippen LogP contribution in [0.5, 0.6) is 0 Å². The highest BCUT2D eigenvalue weighted by atomic mass is 16.5. The van der Waals surface area contributed by atoms with Gasteiger partial charge in [-0.15, -0.1) is 0 Å². The molecule has 0 heterocycles. The van der Waals surface area contributed by atoms with Crippen molar-refractivity contribution in [3.05, 3.63) is 70.8 Å². The molecular formula is C17H18O3. The zero-order valence-electron chi connectivity index (χ0n) is 11.9. The van der Waals surface area contributed by atoms with Gasteiger partial charge in [-0.3, -0.25) is 0 Å². The highest BCUT2D eigenvalue weighted by Gasteiger charge is 2.42. The van der Waals surface area contributed by atoms with E-state index in [9.17, 15) is 9.90 Å². The number of benzene rings is 2. The SMILES string of the molecule is COC(=O)C(O)(c1ccccc1)c1ccc(C)cc1C. The topological polar surface area (TPSA) is 46.5 Å². The summed E-state index contributed by atoms with van der Waals surface area (Å²) >= 11 is 0. The molecule has 0 bridgehead atoms. The first kappa shape index (κ1) is 14.3. The largest absolute Gasteiger partial charge is 0.466 e. The summed E-state index contributed by atoms with van der Waals surface area (Å²) in [6, 6.07) is 14.4. The molecular weight excluding hydrogens is 252 g/mol. The minimum Gasteiger partial charge on any atom is -0.466 e. The van der Waals surface area contributed by atoms with Gasteiger partial charge in [0.25, 0.3) is 0 Å². The third-order valence-corrected chi connectivity index (χ3v) is 3.44. The Morgan fingerprint density at radius 3 is 2.30 bits per heavy atom. The van der Waals surface area contributed by atoms with Crippen LogP contribution in [0, 0.1) is 13.8 Å². The molecule has 0 spiro atoms. The average Bonchev–Trinajstić information content (AvgIpc) is 2.46. The van der Waals surface area contributed by atoms with Crippen molar-refractivity contribution in [2.24, 2.45) is 0 Å². The lowest BCUT2D eigenvalue weighted by Crippen LogP contribution is -2.38. The Kier molecular flexibility index (Phi) is 3.91. The smallest absolute Gasteiger partial charge is 0.347 e. The van der Waals surface area contributed by atoms with Gasteiger partial charge < -0.3 is 9.84 Å². The van der Waals surface area contributed by atoms with Crippen LogP contribution in [0.4, 0.5) is 0 Å². The van der Waals surface area contributed by atoms with Gasteiger partial charge in [0, 0.05) is 5.56 Å². The Bertz CT molecular complexity index is 619. The van der Waals surface area contributed by atoms with E-state index in [1.165, 1.54) is 7.11 Å². The quantitative estimate of drug-likeness (QED) is 0.872. The molecule has 20 heavy (non-hydrogen) atoms. The molecule has 1 atom stereocenters. The van der Waals surface area contributed by atoms with Crippen LogP contribution in [0.15, 0.2) is 48.5 Å². The number of ether oxygens (including phenoxy) is 1. The van der Waals surface area contributed by atoms with Crippen LogP contribution < -0.4 is 0 Å². The summed E-state index contributed by atoms with van der Waals surface area (Å²) in [6.45, 7) is 3.84. The lowest BCUT2D eigenvalue weighted by molar-refractivity contribution is -0.159. The number of carbonyl (C=O) groups excluding carboxylic acids is 1. The second-order valence-electron chi connectivity index (χ2n) is 4.89. The summed E-state index contributed by atoms with van der Waals surface area (Å²) < 4.78 is 4.82. The lowest BCUT2D eigenvalue weighted by Gasteiger charge is -2.28. The van der Waals surface area contributed by atoms with Crippen LogP contribution in [-0.4, -0.2) is 18.2 Å². The average molecular weight is 270 g/mol. The monoisotopic (exact) mass is 270 g/mol. The maximum Gasteiger partial charge on any atom is 0.347 e. The molecule has 0 aliphatic heterocycles. The third kappa shape index (κ3) is 2.32. The molecule has 0 amide bonds. The number of aryl methyl sites for hydroxylation is 2. The number of carbonyl (C=O) groups is 1. The van der Waals surface area contributed by atoms with Crippen molar-refractivity contribution in [1.82, 2.24) is 0 Å². The van der Waals surface area contributed by atoms with E-state index < -0.39 is 11.6 Å². The molecule has 2 aromatic carbocycles. The standard InChI is InChI=1S/C17H18O3/c1-12-9-10-15(13(2)11-12)17(19,16(18)20-3)14-7-5-4-6-8-14/h4-11,19H,1-3H3. The highest BCUT2D eigenvalue weighted by molar-refractivity contribution is 5.85. The normalized spacial score (nSPS) is 13.6. The van der Waals surface area contributed by atoms with Gasteiger partial charge in [0.15, 0.2) is 0 Å². The molecule has 1 N–H and O–H groups in total. The number of esters is 1. The summed E-state index contributed by atoms with van der Waals surface area (Å²) in [5.41, 5.74) is 1.18. The van der Waals surface area contributed by atoms with Gasteiger partial charge in [-0.1, -0.05) is 54.1 Å². The van der Waals surface area contributed by atoms with E-state index in [2.05, 4.69) is 0 Å². The van der Waals surface area contributed by atoms with Crippen LogP contribution in [0.3, 0.4) is 0 Å². The lowest BCUT2D eigenvalue weighted by atomic mass is 9.83. The fourth-order valence-electron chi connectivity index (χ4n) is 2.43. The molecule has 3 heteroatoms. The maximum atomic E-state index is 12.2. The molecule has 2 aromatic rings. The van der Waals surface area contributed by atoms with E-state index in [-0.39, 0.29) is 0 Å². The second-order valence-corrected chi connectivity index (χ2v) is 4.89. The minimum atomic E-state index is -1.78. The molecule has 3 nitrogen and oxygen atoms in total. The fourth-order valence-corrected chi connectivity index (χ4v) is 2.43. The number of hydrogen-bond donors (Lipinski definition) is 1. The Hall–Kier alpha value is -2.13. The molecule has 2 rings (SSSR count). The first-order valence-electron chi connectivity index (χ1n) is 6.44. The molecule has 0 aromatic heterocycles. The van der Waals surface area contributed by atoms with E-state index in [0.29, 0.717) is 11.1 Å². The van der Waals surface area contributed by atoms with Crippen molar-refractivity contribution < 1.29 is 14.6 Å². The van der Waals surface area contributed by atoms with Crippen LogP contribution in [0.1, 0.15) is 22.3 Å². The van der Waals surface area contributed by atoms with Crippen LogP contribution >= 0.6 is 0 Å². The van der Waals surface area contributed by atoms with Crippen LogP contribution in [0.2, 0.25) is 0 Å². The molecule has 0 fully saturated rings. The summed E-state index contributed by atoms with van der Waals surface area (Å²) in [5, 5.41) is 11.0. The minimum absolute atomic E-state index is 0.499. The zero-order valence-corrected chi connectivity index (χ0v) is 11.9. The summed E-state index contributed by atoms with van der Waals surface area (Å²) in [7, 11) is 1.28. The van der Waals surface area contributed by atoms with Crippen molar-refractivity contribution in [2.75, 3.05) is 7.11 Å². The maximum absolute atomic E-state index is 12.2. The number of methoxy groups -OCH3 is 1. The van der Waals surface area contributed by atoms with E-state index in [1.807, 2.05) is 32.0 Å². The summed E-state index contributed by atoms with van der Waals surface area (Å²) in [5.74, 6) is -0.685. The highest BCUT2D eigenvalue weighted by Crippen LogP contribution is 2.33. The summed E-state index contributed by atoms with van der Waals surface area (Å²) in [6.07, 6.45) is 0. The first-order chi connectivity index (χ1) is 9.50. The molecule has 0 aliphatic rings. The fraction of sp³-hybridized carbons (Fsp3) is 0.235. The van der Waals surface area contributed by atoms with Crippen LogP contribution in [0.25, 0.3) is 0 Å². The molecule has 1 unspecified atom stereocenters. The molecule has 0 aliphatic carbocycles. The first-order valence-corrected chi connectivity index (χ1v) is 6.44. The molecule has 104 valence electrons. The third-order valence-electron chi connectivity index (χ3n) is 3.44. The van der Waals surface area contributed by atoms with E-state index in [0.717, 1.165) is 11.1 Å². The van der Waals surface area contributed by atoms with Gasteiger partial charge in [0.1, 0.15) is 0 Å². The van der Waals surface area contributed by atoms with Gasteiger partial charge in [-0.25, -0.2) is 4.79 Å². The van der Waals surface area contributed by atoms with Crippen molar-refractivity contribution in [2.45, 2.75) is 19.4 Å². The zero-order chi connectivity index (χ0) is 14.8. The predicted octanol–water partition coefficient (Wildman–Crippen LogP) is 2.71. The molecule has 0 saturated carbocycles. The molecule has 0 saturated heterocycles. The van der Waals surface area contributed by atoms with Crippen molar-refractivity contribution in [3.8, 4) is 0 Å². The molecule has 0 radical (unpaired) electrons. The second kappa shape index (κ2) is 5.47. The van der Waals surface area contributed by atoms with E-state index in [1.54, 1.807) is 30.3 Å². The van der Waals surface area contributed by atoms with Gasteiger partial charge in [-0.2, -0.15) is 0 Å². The van der Waals surface area contributed by atoms with Gasteiger partial charge >= 0.3 is 5.97 Å². The van der Waals surface area contributed by atoms with Crippen molar-refractivity contribution >= 4 is 5.97 Å². The predicted molar refractivity (Wildman–Crippen MR) is 77.4 cm³/mol. The van der Waals surface area contributed by atoms with Gasteiger partial charge in [0.2, 0.25) is 5.60 Å².